The lowest BCUT2D eigenvalue weighted by molar-refractivity contribution is 0.00326. The Balaban J connectivity index is 2.08. The van der Waals surface area contributed by atoms with E-state index >= 15 is 0 Å². The van der Waals surface area contributed by atoms with Gasteiger partial charge in [-0.2, -0.15) is 0 Å². The van der Waals surface area contributed by atoms with E-state index in [4.69, 9.17) is 9.47 Å². The highest BCUT2D eigenvalue weighted by atomic mass is 16.5. The molecule has 90 valence electrons. The molecule has 0 aromatic heterocycles. The third-order valence-corrected chi connectivity index (χ3v) is 3.32. The van der Waals surface area contributed by atoms with E-state index in [1.807, 2.05) is 0 Å². The first-order chi connectivity index (χ1) is 7.27. The van der Waals surface area contributed by atoms with Crippen LogP contribution in [0.4, 0.5) is 0 Å². The molecule has 1 aliphatic carbocycles. The molecule has 1 fully saturated rings. The Hall–Kier alpha value is -0.120. The molecule has 3 atom stereocenters. The highest BCUT2D eigenvalue weighted by Gasteiger charge is 2.25. The molecular formula is C12H25NO2. The summed E-state index contributed by atoms with van der Waals surface area (Å²) in [5, 5.41) is 3.40. The van der Waals surface area contributed by atoms with Crippen LogP contribution in [0.15, 0.2) is 0 Å². The van der Waals surface area contributed by atoms with Crippen molar-refractivity contribution >= 4 is 0 Å². The first-order valence-electron chi connectivity index (χ1n) is 6.05. The van der Waals surface area contributed by atoms with Gasteiger partial charge in [0, 0.05) is 19.8 Å². The van der Waals surface area contributed by atoms with Gasteiger partial charge >= 0.3 is 0 Å². The van der Waals surface area contributed by atoms with Crippen molar-refractivity contribution in [1.82, 2.24) is 5.32 Å². The van der Waals surface area contributed by atoms with E-state index in [2.05, 4.69) is 19.3 Å². The number of hydrogen-bond donors (Lipinski definition) is 1. The third-order valence-electron chi connectivity index (χ3n) is 3.32. The van der Waals surface area contributed by atoms with E-state index in [9.17, 15) is 0 Å². The van der Waals surface area contributed by atoms with Crippen molar-refractivity contribution in [2.45, 2.75) is 44.8 Å². The Kier molecular flexibility index (Phi) is 6.22. The largest absolute Gasteiger partial charge is 0.382 e. The Morgan fingerprint density at radius 1 is 1.40 bits per heavy atom. The van der Waals surface area contributed by atoms with Crippen LogP contribution < -0.4 is 5.32 Å². The summed E-state index contributed by atoms with van der Waals surface area (Å²) in [6, 6.07) is 0.714. The predicted molar refractivity (Wildman–Crippen MR) is 62.1 cm³/mol. The molecule has 1 aliphatic rings. The maximum absolute atomic E-state index is 5.68. The van der Waals surface area contributed by atoms with Crippen molar-refractivity contribution in [2.75, 3.05) is 27.4 Å². The van der Waals surface area contributed by atoms with E-state index in [1.54, 1.807) is 7.11 Å². The minimum absolute atomic E-state index is 0.226. The van der Waals surface area contributed by atoms with Gasteiger partial charge in [0.25, 0.3) is 0 Å². The minimum Gasteiger partial charge on any atom is -0.382 e. The zero-order chi connectivity index (χ0) is 11.1. The molecule has 1 rings (SSSR count). The summed E-state index contributed by atoms with van der Waals surface area (Å²) in [4.78, 5) is 0. The molecule has 0 heterocycles. The number of rotatable bonds is 7. The van der Waals surface area contributed by atoms with Crippen molar-refractivity contribution in [1.29, 1.82) is 0 Å². The van der Waals surface area contributed by atoms with Crippen LogP contribution in [0, 0.1) is 5.92 Å². The highest BCUT2D eigenvalue weighted by Crippen LogP contribution is 2.28. The van der Waals surface area contributed by atoms with Gasteiger partial charge in [-0.3, -0.25) is 0 Å². The number of methoxy groups -OCH3 is 1. The summed E-state index contributed by atoms with van der Waals surface area (Å²) in [5.74, 6) is 0.810. The zero-order valence-corrected chi connectivity index (χ0v) is 10.3. The Morgan fingerprint density at radius 3 is 2.87 bits per heavy atom. The maximum Gasteiger partial charge on any atom is 0.0780 e. The minimum atomic E-state index is 0.226. The van der Waals surface area contributed by atoms with Crippen molar-refractivity contribution in [3.63, 3.8) is 0 Å². The van der Waals surface area contributed by atoms with Gasteiger partial charge in [-0.25, -0.2) is 0 Å². The van der Waals surface area contributed by atoms with Crippen LogP contribution in [-0.2, 0) is 9.47 Å². The molecule has 0 aromatic carbocycles. The summed E-state index contributed by atoms with van der Waals surface area (Å²) in [5.41, 5.74) is 0. The first kappa shape index (κ1) is 12.9. The van der Waals surface area contributed by atoms with Gasteiger partial charge in [0.15, 0.2) is 0 Å². The summed E-state index contributed by atoms with van der Waals surface area (Å²) >= 11 is 0. The molecule has 0 aromatic rings. The second-order valence-electron chi connectivity index (χ2n) is 4.51. The van der Waals surface area contributed by atoms with Gasteiger partial charge in [-0.1, -0.05) is 6.42 Å². The predicted octanol–water partition coefficient (Wildman–Crippen LogP) is 1.82. The monoisotopic (exact) mass is 215 g/mol. The zero-order valence-electron chi connectivity index (χ0n) is 10.3. The molecule has 0 bridgehead atoms. The normalized spacial score (nSPS) is 28.2. The lowest BCUT2D eigenvalue weighted by Gasteiger charge is -2.20. The van der Waals surface area contributed by atoms with E-state index in [0.29, 0.717) is 12.6 Å². The van der Waals surface area contributed by atoms with Crippen LogP contribution in [0.2, 0.25) is 0 Å². The fourth-order valence-corrected chi connectivity index (χ4v) is 2.47. The van der Waals surface area contributed by atoms with Crippen molar-refractivity contribution in [3.8, 4) is 0 Å². The lowest BCUT2D eigenvalue weighted by Crippen LogP contribution is -2.30. The van der Waals surface area contributed by atoms with Crippen LogP contribution in [0.25, 0.3) is 0 Å². The smallest absolute Gasteiger partial charge is 0.0780 e. The standard InChI is InChI=1S/C12H25NO2/c1-10(9-14-3)15-8-7-11-5-4-6-12(11)13-2/h10-13H,4-9H2,1-3H3. The van der Waals surface area contributed by atoms with Crippen LogP contribution in [0.3, 0.4) is 0 Å². The van der Waals surface area contributed by atoms with Crippen LogP contribution in [0.5, 0.6) is 0 Å². The highest BCUT2D eigenvalue weighted by molar-refractivity contribution is 4.81. The first-order valence-corrected chi connectivity index (χ1v) is 6.05. The summed E-state index contributed by atoms with van der Waals surface area (Å²) in [7, 11) is 3.78. The molecule has 0 saturated heterocycles. The van der Waals surface area contributed by atoms with Gasteiger partial charge in [0.2, 0.25) is 0 Å². The molecular weight excluding hydrogens is 190 g/mol. The van der Waals surface area contributed by atoms with Gasteiger partial charge in [-0.15, -0.1) is 0 Å². The fraction of sp³-hybridized carbons (Fsp3) is 1.00. The number of hydrogen-bond acceptors (Lipinski definition) is 3. The van der Waals surface area contributed by atoms with Crippen LogP contribution >= 0.6 is 0 Å². The molecule has 0 aliphatic heterocycles. The molecule has 1 saturated carbocycles. The molecule has 15 heavy (non-hydrogen) atoms. The average molecular weight is 215 g/mol. The molecule has 3 nitrogen and oxygen atoms in total. The summed E-state index contributed by atoms with van der Waals surface area (Å²) in [6.07, 6.45) is 5.45. The van der Waals surface area contributed by atoms with Gasteiger partial charge in [0.05, 0.1) is 12.7 Å². The van der Waals surface area contributed by atoms with Gasteiger partial charge in [0.1, 0.15) is 0 Å². The van der Waals surface area contributed by atoms with E-state index in [-0.39, 0.29) is 6.10 Å². The Morgan fingerprint density at radius 2 is 2.20 bits per heavy atom. The van der Waals surface area contributed by atoms with Crippen LogP contribution in [-0.4, -0.2) is 39.5 Å². The lowest BCUT2D eigenvalue weighted by atomic mass is 10.0. The van der Waals surface area contributed by atoms with E-state index in [0.717, 1.165) is 12.5 Å². The second-order valence-corrected chi connectivity index (χ2v) is 4.51. The average Bonchev–Trinajstić information content (AvgIpc) is 2.66. The quantitative estimate of drug-likeness (QED) is 0.702. The molecule has 0 spiro atoms. The van der Waals surface area contributed by atoms with Gasteiger partial charge < -0.3 is 14.8 Å². The summed E-state index contributed by atoms with van der Waals surface area (Å²) < 4.78 is 10.7. The van der Waals surface area contributed by atoms with Crippen molar-refractivity contribution in [3.05, 3.63) is 0 Å². The fourth-order valence-electron chi connectivity index (χ4n) is 2.47. The number of nitrogens with one attached hydrogen (secondary N) is 1. The second kappa shape index (κ2) is 7.20. The van der Waals surface area contributed by atoms with E-state index in [1.165, 1.54) is 25.7 Å². The van der Waals surface area contributed by atoms with Crippen molar-refractivity contribution in [2.24, 2.45) is 5.92 Å². The topological polar surface area (TPSA) is 30.5 Å². The Bertz CT molecular complexity index is 164. The van der Waals surface area contributed by atoms with E-state index < -0.39 is 0 Å². The molecule has 1 N–H and O–H groups in total. The third kappa shape index (κ3) is 4.49. The Labute approximate surface area is 93.5 Å². The summed E-state index contributed by atoms with van der Waals surface area (Å²) in [6.45, 7) is 3.63. The van der Waals surface area contributed by atoms with Crippen molar-refractivity contribution < 1.29 is 9.47 Å². The van der Waals surface area contributed by atoms with Crippen LogP contribution in [0.1, 0.15) is 32.6 Å². The van der Waals surface area contributed by atoms with Gasteiger partial charge in [-0.05, 0) is 39.2 Å². The molecule has 3 unspecified atom stereocenters. The SMILES string of the molecule is CNC1CCCC1CCOC(C)COC. The number of ether oxygens (including phenoxy) is 2. The molecule has 3 heteroatoms. The molecule has 0 radical (unpaired) electrons. The molecule has 0 amide bonds. The maximum atomic E-state index is 5.68.